The van der Waals surface area contributed by atoms with Crippen LogP contribution in [0, 0.1) is 0 Å². The van der Waals surface area contributed by atoms with Crippen molar-refractivity contribution < 1.29 is 23.1 Å². The summed E-state index contributed by atoms with van der Waals surface area (Å²) in [6.07, 6.45) is 8.93. The second kappa shape index (κ2) is 15.8. The van der Waals surface area contributed by atoms with Crippen LogP contribution in [-0.2, 0) is 18.3 Å². The van der Waals surface area contributed by atoms with Crippen molar-refractivity contribution in [2.45, 2.75) is 71.8 Å². The number of morpholine rings is 1. The van der Waals surface area contributed by atoms with Crippen LogP contribution in [0.25, 0.3) is 0 Å². The molecule has 0 N–H and O–H groups in total. The van der Waals surface area contributed by atoms with Gasteiger partial charge in [0.1, 0.15) is 5.75 Å². The Morgan fingerprint density at radius 3 is 2.34 bits per heavy atom. The van der Waals surface area contributed by atoms with Crippen LogP contribution < -0.4 is 4.74 Å². The van der Waals surface area contributed by atoms with Crippen LogP contribution in [-0.4, -0.2) is 57.1 Å². The van der Waals surface area contributed by atoms with Crippen molar-refractivity contribution in [1.82, 2.24) is 4.90 Å². The highest BCUT2D eigenvalue weighted by Gasteiger charge is 2.25. The van der Waals surface area contributed by atoms with Gasteiger partial charge in [0.05, 0.1) is 38.7 Å². The minimum absolute atomic E-state index is 0.0574. The molecule has 0 radical (unpaired) electrons. The largest absolute Gasteiger partial charge is 0.494 e. The van der Waals surface area contributed by atoms with Gasteiger partial charge in [0.2, 0.25) is 0 Å². The third-order valence-electron chi connectivity index (χ3n) is 5.73. The fourth-order valence-corrected chi connectivity index (χ4v) is 5.65. The summed E-state index contributed by atoms with van der Waals surface area (Å²) >= 11 is 0. The van der Waals surface area contributed by atoms with Crippen molar-refractivity contribution in [1.29, 1.82) is 0 Å². The lowest BCUT2D eigenvalue weighted by Gasteiger charge is -2.33. The van der Waals surface area contributed by atoms with E-state index in [4.69, 9.17) is 18.5 Å². The molecular formula is C25H44NO5P. The van der Waals surface area contributed by atoms with Gasteiger partial charge in [0, 0.05) is 13.1 Å². The Hall–Kier alpha value is -0.910. The van der Waals surface area contributed by atoms with E-state index in [0.29, 0.717) is 26.0 Å². The van der Waals surface area contributed by atoms with Gasteiger partial charge in [0.15, 0.2) is 0 Å². The predicted octanol–water partition coefficient (Wildman–Crippen LogP) is 6.46. The zero-order valence-electron chi connectivity index (χ0n) is 20.4. The van der Waals surface area contributed by atoms with Crippen LogP contribution in [0.15, 0.2) is 24.3 Å². The van der Waals surface area contributed by atoms with E-state index in [2.05, 4.69) is 36.1 Å². The molecule has 1 aromatic rings. The molecule has 1 aliphatic heterocycles. The van der Waals surface area contributed by atoms with Crippen molar-refractivity contribution in [3.05, 3.63) is 29.8 Å². The van der Waals surface area contributed by atoms with Crippen molar-refractivity contribution >= 4 is 7.60 Å². The molecule has 0 saturated carbocycles. The molecule has 0 amide bonds. The van der Waals surface area contributed by atoms with E-state index in [1.165, 1.54) is 37.7 Å². The monoisotopic (exact) mass is 469 g/mol. The Labute approximate surface area is 195 Å². The normalized spacial score (nSPS) is 17.5. The molecule has 7 heteroatoms. The third-order valence-corrected chi connectivity index (χ3v) is 7.89. The lowest BCUT2D eigenvalue weighted by atomic mass is 10.1. The van der Waals surface area contributed by atoms with E-state index in [-0.39, 0.29) is 6.10 Å². The van der Waals surface area contributed by atoms with Gasteiger partial charge in [-0.25, -0.2) is 0 Å². The summed E-state index contributed by atoms with van der Waals surface area (Å²) in [4.78, 5) is 2.37. The van der Waals surface area contributed by atoms with Gasteiger partial charge >= 0.3 is 7.60 Å². The van der Waals surface area contributed by atoms with Crippen molar-refractivity contribution in [2.75, 3.05) is 52.2 Å². The van der Waals surface area contributed by atoms with Gasteiger partial charge in [-0.05, 0) is 50.9 Å². The summed E-state index contributed by atoms with van der Waals surface area (Å²) in [7, 11) is -2.96. The van der Waals surface area contributed by atoms with Crippen molar-refractivity contribution in [3.63, 3.8) is 0 Å². The summed E-state index contributed by atoms with van der Waals surface area (Å²) in [5.74, 6) is 0.928. The summed E-state index contributed by atoms with van der Waals surface area (Å²) in [6.45, 7) is 10.9. The number of nitrogens with zero attached hydrogens (tertiary/aromatic N) is 1. The van der Waals surface area contributed by atoms with Crippen LogP contribution >= 0.6 is 7.60 Å². The topological polar surface area (TPSA) is 57.2 Å². The second-order valence-corrected chi connectivity index (χ2v) is 10.6. The highest BCUT2D eigenvalue weighted by Crippen LogP contribution is 2.48. The molecule has 2 rings (SSSR count). The van der Waals surface area contributed by atoms with Crippen LogP contribution in [0.5, 0.6) is 5.75 Å². The van der Waals surface area contributed by atoms with E-state index in [9.17, 15) is 4.57 Å². The minimum Gasteiger partial charge on any atom is -0.494 e. The minimum atomic E-state index is -2.96. The summed E-state index contributed by atoms with van der Waals surface area (Å²) in [5.41, 5.74) is 1.18. The van der Waals surface area contributed by atoms with Gasteiger partial charge in [0.25, 0.3) is 0 Å². The maximum atomic E-state index is 12.6. The van der Waals surface area contributed by atoms with Gasteiger partial charge in [-0.1, -0.05) is 51.2 Å². The number of ether oxygens (including phenoxy) is 2. The average molecular weight is 470 g/mol. The SMILES string of the molecule is CCCCCCCCOc1ccc(C2CN(CCCP(=O)(OCC)OCC)CCO2)cc1. The van der Waals surface area contributed by atoms with Gasteiger partial charge in [-0.15, -0.1) is 0 Å². The van der Waals surface area contributed by atoms with E-state index in [1.54, 1.807) is 0 Å². The molecule has 1 unspecified atom stereocenters. The number of rotatable bonds is 17. The first-order chi connectivity index (χ1) is 15.6. The fourth-order valence-electron chi connectivity index (χ4n) is 4.01. The Kier molecular flexibility index (Phi) is 13.5. The first kappa shape index (κ1) is 27.3. The molecule has 0 aromatic heterocycles. The van der Waals surface area contributed by atoms with Crippen LogP contribution in [0.1, 0.15) is 77.4 Å². The molecule has 0 aliphatic carbocycles. The predicted molar refractivity (Wildman–Crippen MR) is 131 cm³/mol. The average Bonchev–Trinajstić information content (AvgIpc) is 2.79. The van der Waals surface area contributed by atoms with Gasteiger partial charge in [-0.3, -0.25) is 9.46 Å². The second-order valence-electron chi connectivity index (χ2n) is 8.37. The zero-order chi connectivity index (χ0) is 23.1. The molecular weight excluding hydrogens is 425 g/mol. The van der Waals surface area contributed by atoms with Crippen LogP contribution in [0.4, 0.5) is 0 Å². The van der Waals surface area contributed by atoms with Crippen molar-refractivity contribution in [2.24, 2.45) is 0 Å². The Bertz CT molecular complexity index is 644. The zero-order valence-corrected chi connectivity index (χ0v) is 21.3. The molecule has 1 atom stereocenters. The quantitative estimate of drug-likeness (QED) is 0.193. The highest BCUT2D eigenvalue weighted by molar-refractivity contribution is 7.53. The number of benzene rings is 1. The molecule has 1 heterocycles. The van der Waals surface area contributed by atoms with E-state index in [1.807, 2.05) is 13.8 Å². The smallest absolute Gasteiger partial charge is 0.330 e. The molecule has 184 valence electrons. The first-order valence-corrected chi connectivity index (χ1v) is 14.3. The van der Waals surface area contributed by atoms with Crippen LogP contribution in [0.2, 0.25) is 0 Å². The van der Waals surface area contributed by atoms with E-state index in [0.717, 1.165) is 44.8 Å². The Morgan fingerprint density at radius 1 is 0.969 bits per heavy atom. The highest BCUT2D eigenvalue weighted by atomic mass is 31.2. The van der Waals surface area contributed by atoms with E-state index >= 15 is 0 Å². The molecule has 6 nitrogen and oxygen atoms in total. The molecule has 1 saturated heterocycles. The van der Waals surface area contributed by atoms with Gasteiger partial charge < -0.3 is 18.5 Å². The Balaban J connectivity index is 1.71. The fraction of sp³-hybridized carbons (Fsp3) is 0.760. The number of hydrogen-bond acceptors (Lipinski definition) is 6. The maximum Gasteiger partial charge on any atom is 0.330 e. The molecule has 0 spiro atoms. The Morgan fingerprint density at radius 2 is 1.66 bits per heavy atom. The summed E-state index contributed by atoms with van der Waals surface area (Å²) < 4.78 is 35.3. The number of hydrogen-bond donors (Lipinski definition) is 0. The molecule has 1 aromatic carbocycles. The third kappa shape index (κ3) is 10.4. The lowest BCUT2D eigenvalue weighted by molar-refractivity contribution is -0.0299. The van der Waals surface area contributed by atoms with E-state index < -0.39 is 7.60 Å². The van der Waals surface area contributed by atoms with Crippen LogP contribution in [0.3, 0.4) is 0 Å². The molecule has 32 heavy (non-hydrogen) atoms. The van der Waals surface area contributed by atoms with Crippen molar-refractivity contribution in [3.8, 4) is 5.75 Å². The molecule has 1 fully saturated rings. The van der Waals surface area contributed by atoms with Gasteiger partial charge in [-0.2, -0.15) is 0 Å². The molecule has 1 aliphatic rings. The summed E-state index contributed by atoms with van der Waals surface area (Å²) in [5, 5.41) is 0. The first-order valence-electron chi connectivity index (χ1n) is 12.5. The molecule has 0 bridgehead atoms. The standard InChI is InChI=1S/C25H44NO5P/c1-4-7-8-9-10-11-19-28-24-15-13-23(14-16-24)25-22-26(18-20-29-25)17-12-21-32(27,30-5-2)31-6-3/h13-16,25H,4-12,17-22H2,1-3H3. The lowest BCUT2D eigenvalue weighted by Crippen LogP contribution is -2.39. The summed E-state index contributed by atoms with van der Waals surface area (Å²) in [6, 6.07) is 8.33. The number of unbranched alkanes of at least 4 members (excludes halogenated alkanes) is 5. The maximum absolute atomic E-state index is 12.6.